The van der Waals surface area contributed by atoms with Crippen molar-refractivity contribution in [2.75, 3.05) is 0 Å². The zero-order valence-corrected chi connectivity index (χ0v) is 20.3. The van der Waals surface area contributed by atoms with E-state index in [-0.39, 0.29) is 48.9 Å². The van der Waals surface area contributed by atoms with Crippen LogP contribution in [0.4, 0.5) is 4.79 Å². The predicted octanol–water partition coefficient (Wildman–Crippen LogP) is 3.28. The minimum atomic E-state index is -2.33. The van der Waals surface area contributed by atoms with Gasteiger partial charge in [-0.2, -0.15) is 0 Å². The van der Waals surface area contributed by atoms with Gasteiger partial charge in [0.15, 0.2) is 0 Å². The van der Waals surface area contributed by atoms with E-state index in [1.165, 1.54) is 70.6 Å². The van der Waals surface area contributed by atoms with Crippen molar-refractivity contribution in [2.24, 2.45) is 0 Å². The predicted molar refractivity (Wildman–Crippen MR) is 98.2 cm³/mol. The van der Waals surface area contributed by atoms with Crippen molar-refractivity contribution in [3.63, 3.8) is 0 Å². The summed E-state index contributed by atoms with van der Waals surface area (Å²) in [5.74, 6) is -0.664. The smallest absolute Gasteiger partial charge is 0.652 e. The van der Waals surface area contributed by atoms with E-state index in [9.17, 15) is 4.79 Å². The molecule has 0 rings (SSSR count). The van der Waals surface area contributed by atoms with Crippen LogP contribution < -0.4 is 10.2 Å². The van der Waals surface area contributed by atoms with E-state index >= 15 is 0 Å². The summed E-state index contributed by atoms with van der Waals surface area (Å²) < 4.78 is 0. The Kier molecular flexibility index (Phi) is 31.3. The maximum Gasteiger partial charge on any atom is 2.00 e. The van der Waals surface area contributed by atoms with Gasteiger partial charge in [0.25, 0.3) is 0 Å². The van der Waals surface area contributed by atoms with Gasteiger partial charge < -0.3 is 20.1 Å². The van der Waals surface area contributed by atoms with Crippen LogP contribution in [-0.4, -0.2) is 66.1 Å². The van der Waals surface area contributed by atoms with Crippen molar-refractivity contribution >= 4 is 61.0 Å². The molecular weight excluding hydrogens is 446 g/mol. The number of unbranched alkanes of at least 4 members (excludes halogenated alkanes) is 11. The Hall–Kier alpha value is 0.0514. The summed E-state index contributed by atoms with van der Waals surface area (Å²) in [4.78, 5) is 18.7. The standard InChI is InChI=1S/C18H34O2.CH2O3.Ba/c1-2-3-4-5-6-7-8-9-10-11-12-13-14-15-16-17-18(19)20;2-1(3)4;/h9-10H,2-8,11-17H2,1H3,(H,19,20);(H2,2,3,4);/q;;+2/p-2/b10-9-;;. The fourth-order valence-corrected chi connectivity index (χ4v) is 2.35. The molecule has 1 N–H and O–H groups in total. The third kappa shape index (κ3) is 40.2. The number of allylic oxidation sites excluding steroid dienone is 2. The molecule has 0 saturated carbocycles. The van der Waals surface area contributed by atoms with Crippen LogP contribution in [0.5, 0.6) is 0 Å². The minimum absolute atomic E-state index is 0. The summed E-state index contributed by atoms with van der Waals surface area (Å²) in [5.41, 5.74) is 0. The molecule has 0 heterocycles. The van der Waals surface area contributed by atoms with Crippen LogP contribution in [-0.2, 0) is 4.79 Å². The topological polar surface area (TPSA) is 100 Å². The number of rotatable bonds is 15. The van der Waals surface area contributed by atoms with Crippen molar-refractivity contribution < 1.29 is 24.9 Å². The van der Waals surface area contributed by atoms with Crippen LogP contribution in [0.25, 0.3) is 0 Å². The molecular formula is C19H34BaO5. The first-order valence-corrected chi connectivity index (χ1v) is 9.25. The zero-order valence-electron chi connectivity index (χ0n) is 15.8. The Morgan fingerprint density at radius 1 is 0.760 bits per heavy atom. The van der Waals surface area contributed by atoms with Gasteiger partial charge in [-0.1, -0.05) is 70.4 Å². The molecule has 0 bridgehead atoms. The third-order valence-electron chi connectivity index (χ3n) is 3.65. The van der Waals surface area contributed by atoms with Crippen LogP contribution in [0.3, 0.4) is 0 Å². The monoisotopic (exact) mass is 480 g/mol. The van der Waals surface area contributed by atoms with Gasteiger partial charge in [0.1, 0.15) is 0 Å². The molecule has 0 spiro atoms. The van der Waals surface area contributed by atoms with Crippen LogP contribution >= 0.6 is 0 Å². The summed E-state index contributed by atoms with van der Waals surface area (Å²) in [6.07, 6.45) is 18.9. The van der Waals surface area contributed by atoms with Crippen molar-refractivity contribution in [2.45, 2.75) is 96.8 Å². The van der Waals surface area contributed by atoms with Gasteiger partial charge in [0.05, 0.1) is 0 Å². The van der Waals surface area contributed by atoms with Gasteiger partial charge in [-0.3, -0.25) is 4.79 Å². The molecule has 0 atom stereocenters. The fraction of sp³-hybridized carbons (Fsp3) is 0.789. The molecule has 142 valence electrons. The van der Waals surface area contributed by atoms with E-state index in [2.05, 4.69) is 19.1 Å². The van der Waals surface area contributed by atoms with E-state index in [4.69, 9.17) is 20.1 Å². The number of aliphatic carboxylic acids is 1. The third-order valence-corrected chi connectivity index (χ3v) is 3.65. The second kappa shape index (κ2) is 26.3. The molecule has 5 nitrogen and oxygen atoms in total. The minimum Gasteiger partial charge on any atom is -0.652 e. The quantitative estimate of drug-likeness (QED) is 0.221. The molecule has 0 amide bonds. The molecule has 0 unspecified atom stereocenters. The second-order valence-electron chi connectivity index (χ2n) is 5.98. The van der Waals surface area contributed by atoms with Crippen LogP contribution in [0.2, 0.25) is 0 Å². The molecule has 0 fully saturated rings. The van der Waals surface area contributed by atoms with Crippen molar-refractivity contribution in [1.29, 1.82) is 0 Å². The Balaban J connectivity index is -0.000000867. The Morgan fingerprint density at radius 3 is 1.52 bits per heavy atom. The first-order chi connectivity index (χ1) is 11.5. The largest absolute Gasteiger partial charge is 2.00 e. The maximum atomic E-state index is 10.3. The van der Waals surface area contributed by atoms with E-state index in [0.29, 0.717) is 6.42 Å². The molecule has 0 aliphatic carbocycles. The second-order valence-corrected chi connectivity index (χ2v) is 5.98. The SMILES string of the molecule is CCCCCCCC/C=C\CCCCCCCC(=O)O.O=C([O-])[O-].[Ba+2]. The van der Waals surface area contributed by atoms with E-state index in [0.717, 1.165) is 12.8 Å². The van der Waals surface area contributed by atoms with Crippen molar-refractivity contribution in [1.82, 2.24) is 0 Å². The zero-order chi connectivity index (χ0) is 18.5. The van der Waals surface area contributed by atoms with E-state index < -0.39 is 12.1 Å². The first-order valence-electron chi connectivity index (χ1n) is 9.25. The molecule has 0 aromatic carbocycles. The van der Waals surface area contributed by atoms with Crippen LogP contribution in [0, 0.1) is 0 Å². The summed E-state index contributed by atoms with van der Waals surface area (Å²) in [7, 11) is 0. The molecule has 25 heavy (non-hydrogen) atoms. The average Bonchev–Trinajstić information content (AvgIpc) is 2.50. The Bertz CT molecular complexity index is 315. The number of carbonyl (C=O) groups is 2. The number of hydrogen-bond acceptors (Lipinski definition) is 4. The van der Waals surface area contributed by atoms with Crippen LogP contribution in [0.1, 0.15) is 96.8 Å². The summed E-state index contributed by atoms with van der Waals surface area (Å²) in [5, 5.41) is 25.2. The summed E-state index contributed by atoms with van der Waals surface area (Å²) in [6, 6.07) is 0. The van der Waals surface area contributed by atoms with Crippen LogP contribution in [0.15, 0.2) is 12.2 Å². The van der Waals surface area contributed by atoms with E-state index in [1.807, 2.05) is 0 Å². The summed E-state index contributed by atoms with van der Waals surface area (Å²) in [6.45, 7) is 2.26. The van der Waals surface area contributed by atoms with Gasteiger partial charge in [0, 0.05) is 6.42 Å². The van der Waals surface area contributed by atoms with Crippen molar-refractivity contribution in [3.05, 3.63) is 12.2 Å². The van der Waals surface area contributed by atoms with E-state index in [1.54, 1.807) is 0 Å². The molecule has 0 radical (unpaired) electrons. The molecule has 0 aromatic heterocycles. The molecule has 6 heteroatoms. The van der Waals surface area contributed by atoms with Gasteiger partial charge in [-0.15, -0.1) is 0 Å². The Morgan fingerprint density at radius 2 is 1.12 bits per heavy atom. The number of carboxylic acids is 1. The number of hydrogen-bond donors (Lipinski definition) is 1. The normalized spacial score (nSPS) is 9.96. The van der Waals surface area contributed by atoms with Gasteiger partial charge >= 0.3 is 54.9 Å². The maximum absolute atomic E-state index is 10.3. The molecule has 0 aliphatic heterocycles. The van der Waals surface area contributed by atoms with Gasteiger partial charge in [-0.05, 0) is 38.3 Å². The Labute approximate surface area is 193 Å². The average molecular weight is 480 g/mol. The van der Waals surface area contributed by atoms with Gasteiger partial charge in [0.2, 0.25) is 0 Å². The molecule has 0 saturated heterocycles. The number of carboxylic acid groups (broad SMARTS) is 3. The first kappa shape index (κ1) is 29.8. The molecule has 0 aromatic rings. The number of carbonyl (C=O) groups excluding carboxylic acids is 1. The fourth-order valence-electron chi connectivity index (χ4n) is 2.35. The van der Waals surface area contributed by atoms with Crippen molar-refractivity contribution in [3.8, 4) is 0 Å². The molecule has 0 aliphatic rings. The van der Waals surface area contributed by atoms with Gasteiger partial charge in [-0.25, -0.2) is 0 Å². The summed E-state index contributed by atoms with van der Waals surface area (Å²) >= 11 is 0.